The third kappa shape index (κ3) is 4.14. The van der Waals surface area contributed by atoms with E-state index in [-0.39, 0.29) is 17.7 Å². The smallest absolute Gasteiger partial charge is 0.229 e. The Labute approximate surface area is 161 Å². The molecule has 4 rings (SSSR count). The summed E-state index contributed by atoms with van der Waals surface area (Å²) in [4.78, 5) is 35.9. The maximum absolute atomic E-state index is 12.3. The van der Waals surface area contributed by atoms with E-state index in [0.29, 0.717) is 36.7 Å². The summed E-state index contributed by atoms with van der Waals surface area (Å²) >= 11 is 0. The molecular formula is C19H19N7O2. The Morgan fingerprint density at radius 3 is 2.71 bits per heavy atom. The minimum Gasteiger partial charge on any atom is -0.355 e. The Morgan fingerprint density at radius 1 is 1.18 bits per heavy atom. The Morgan fingerprint density at radius 2 is 2.00 bits per heavy atom. The summed E-state index contributed by atoms with van der Waals surface area (Å²) in [7, 11) is 0. The Bertz CT molecular complexity index is 960. The number of aromatic nitrogens is 4. The number of rotatable bonds is 5. The lowest BCUT2D eigenvalue weighted by molar-refractivity contribution is -0.126. The molecule has 1 saturated heterocycles. The number of carbonyl (C=O) groups is 2. The Balaban J connectivity index is 1.38. The van der Waals surface area contributed by atoms with Crippen molar-refractivity contribution in [3.05, 3.63) is 55.4 Å². The maximum atomic E-state index is 12.3. The van der Waals surface area contributed by atoms with Gasteiger partial charge in [-0.2, -0.15) is 0 Å². The molecular weight excluding hydrogens is 358 g/mol. The van der Waals surface area contributed by atoms with Crippen LogP contribution in [0.3, 0.4) is 0 Å². The highest BCUT2D eigenvalue weighted by Gasteiger charge is 2.24. The van der Waals surface area contributed by atoms with Gasteiger partial charge < -0.3 is 16.0 Å². The van der Waals surface area contributed by atoms with Gasteiger partial charge in [-0.15, -0.1) is 0 Å². The number of carbonyl (C=O) groups excluding carboxylic acids is 2. The van der Waals surface area contributed by atoms with E-state index in [1.54, 1.807) is 23.3 Å². The lowest BCUT2D eigenvalue weighted by atomic mass is 9.98. The summed E-state index contributed by atoms with van der Waals surface area (Å²) < 4.78 is 1.79. The zero-order valence-electron chi connectivity index (χ0n) is 15.0. The monoisotopic (exact) mass is 377 g/mol. The summed E-state index contributed by atoms with van der Waals surface area (Å²) in [6.07, 6.45) is 7.60. The van der Waals surface area contributed by atoms with Crippen molar-refractivity contribution in [3.8, 4) is 5.82 Å². The third-order valence-electron chi connectivity index (χ3n) is 4.48. The number of amides is 2. The van der Waals surface area contributed by atoms with E-state index >= 15 is 0 Å². The first-order valence-corrected chi connectivity index (χ1v) is 8.92. The molecule has 9 nitrogen and oxygen atoms in total. The van der Waals surface area contributed by atoms with E-state index < -0.39 is 0 Å². The summed E-state index contributed by atoms with van der Waals surface area (Å²) in [5.41, 5.74) is 1.53. The molecule has 28 heavy (non-hydrogen) atoms. The maximum Gasteiger partial charge on any atom is 0.229 e. The molecule has 1 aromatic carbocycles. The lowest BCUT2D eigenvalue weighted by Crippen LogP contribution is -2.40. The Hall–Kier alpha value is -3.75. The first kappa shape index (κ1) is 17.7. The van der Waals surface area contributed by atoms with Gasteiger partial charge in [0, 0.05) is 42.8 Å². The van der Waals surface area contributed by atoms with Gasteiger partial charge in [0.1, 0.15) is 24.3 Å². The quantitative estimate of drug-likeness (QED) is 0.625. The average molecular weight is 377 g/mol. The van der Waals surface area contributed by atoms with Crippen LogP contribution in [0.5, 0.6) is 0 Å². The molecule has 1 aliphatic rings. The van der Waals surface area contributed by atoms with Crippen LogP contribution < -0.4 is 16.0 Å². The van der Waals surface area contributed by atoms with Crippen molar-refractivity contribution < 1.29 is 9.59 Å². The number of imidazole rings is 1. The van der Waals surface area contributed by atoms with E-state index in [2.05, 4.69) is 30.9 Å². The first-order valence-electron chi connectivity index (χ1n) is 8.92. The molecule has 3 aromatic rings. The molecule has 3 N–H and O–H groups in total. The van der Waals surface area contributed by atoms with Crippen molar-refractivity contribution in [2.75, 3.05) is 17.2 Å². The fourth-order valence-corrected chi connectivity index (χ4v) is 2.94. The van der Waals surface area contributed by atoms with Crippen molar-refractivity contribution in [1.82, 2.24) is 24.8 Å². The van der Waals surface area contributed by atoms with E-state index in [1.807, 2.05) is 30.3 Å². The van der Waals surface area contributed by atoms with Crippen LogP contribution in [0.1, 0.15) is 12.8 Å². The molecule has 0 unspecified atom stereocenters. The fraction of sp³-hybridized carbons (Fsp3) is 0.211. The second kappa shape index (κ2) is 7.87. The van der Waals surface area contributed by atoms with Crippen LogP contribution in [-0.2, 0) is 9.59 Å². The minimum absolute atomic E-state index is 0.000365. The largest absolute Gasteiger partial charge is 0.355 e. The average Bonchev–Trinajstić information content (AvgIpc) is 3.25. The summed E-state index contributed by atoms with van der Waals surface area (Å²) in [5, 5.41) is 8.82. The van der Waals surface area contributed by atoms with Crippen LogP contribution >= 0.6 is 0 Å². The standard InChI is InChI=1S/C19H19N7O2/c27-18-6-1-13(10-21-18)19(28)25-15-4-2-14(3-5-15)24-16-9-17(23-11-22-16)26-8-7-20-12-26/h2-5,7-9,11-13H,1,6,10H2,(H,21,27)(H,25,28)(H,22,23,24)/t13-/m0/s1. The van der Waals surface area contributed by atoms with Gasteiger partial charge in [-0.1, -0.05) is 0 Å². The van der Waals surface area contributed by atoms with Gasteiger partial charge in [0.2, 0.25) is 11.8 Å². The van der Waals surface area contributed by atoms with Crippen molar-refractivity contribution >= 4 is 29.0 Å². The summed E-state index contributed by atoms with van der Waals surface area (Å²) in [6.45, 7) is 0.386. The van der Waals surface area contributed by atoms with Crippen molar-refractivity contribution in [2.45, 2.75) is 12.8 Å². The van der Waals surface area contributed by atoms with Crippen LogP contribution in [0.15, 0.2) is 55.4 Å². The normalized spacial score (nSPS) is 16.3. The van der Waals surface area contributed by atoms with Crippen LogP contribution in [-0.4, -0.2) is 37.9 Å². The molecule has 1 atom stereocenters. The number of nitrogens with zero attached hydrogens (tertiary/aromatic N) is 4. The van der Waals surface area contributed by atoms with Crippen LogP contribution in [0.4, 0.5) is 17.2 Å². The molecule has 0 bridgehead atoms. The minimum atomic E-state index is -0.196. The number of benzene rings is 1. The van der Waals surface area contributed by atoms with Crippen molar-refractivity contribution in [3.63, 3.8) is 0 Å². The van der Waals surface area contributed by atoms with Crippen LogP contribution in [0, 0.1) is 5.92 Å². The molecule has 142 valence electrons. The van der Waals surface area contributed by atoms with Gasteiger partial charge in [-0.25, -0.2) is 15.0 Å². The molecule has 0 saturated carbocycles. The number of hydrogen-bond acceptors (Lipinski definition) is 6. The zero-order chi connectivity index (χ0) is 19.3. The highest BCUT2D eigenvalue weighted by molar-refractivity contribution is 5.94. The molecule has 1 aliphatic heterocycles. The highest BCUT2D eigenvalue weighted by atomic mass is 16.2. The molecule has 2 aromatic heterocycles. The fourth-order valence-electron chi connectivity index (χ4n) is 2.94. The Kier molecular flexibility index (Phi) is 4.96. The van der Waals surface area contributed by atoms with Gasteiger partial charge in [0.25, 0.3) is 0 Å². The summed E-state index contributed by atoms with van der Waals surface area (Å²) in [5.74, 6) is 1.08. The predicted molar refractivity (Wildman–Crippen MR) is 103 cm³/mol. The lowest BCUT2D eigenvalue weighted by Gasteiger charge is -2.21. The number of piperidine rings is 1. The topological polar surface area (TPSA) is 114 Å². The van der Waals surface area contributed by atoms with Crippen molar-refractivity contribution in [1.29, 1.82) is 0 Å². The van der Waals surface area contributed by atoms with Gasteiger partial charge >= 0.3 is 0 Å². The molecule has 2 amide bonds. The van der Waals surface area contributed by atoms with Crippen LogP contribution in [0.2, 0.25) is 0 Å². The molecule has 0 spiro atoms. The highest BCUT2D eigenvalue weighted by Crippen LogP contribution is 2.20. The zero-order valence-corrected chi connectivity index (χ0v) is 15.0. The van der Waals surface area contributed by atoms with Gasteiger partial charge in [-0.3, -0.25) is 14.2 Å². The number of anilines is 3. The van der Waals surface area contributed by atoms with E-state index in [4.69, 9.17) is 0 Å². The van der Waals surface area contributed by atoms with Crippen molar-refractivity contribution in [2.24, 2.45) is 5.92 Å². The molecule has 1 fully saturated rings. The van der Waals surface area contributed by atoms with E-state index in [9.17, 15) is 9.59 Å². The van der Waals surface area contributed by atoms with E-state index in [1.165, 1.54) is 6.33 Å². The number of hydrogen-bond donors (Lipinski definition) is 3. The molecule has 3 heterocycles. The second-order valence-electron chi connectivity index (χ2n) is 6.46. The molecule has 0 aliphatic carbocycles. The van der Waals surface area contributed by atoms with E-state index in [0.717, 1.165) is 5.69 Å². The third-order valence-corrected chi connectivity index (χ3v) is 4.48. The molecule has 0 radical (unpaired) electrons. The summed E-state index contributed by atoms with van der Waals surface area (Å²) in [6, 6.07) is 9.17. The van der Waals surface area contributed by atoms with Crippen LogP contribution in [0.25, 0.3) is 5.82 Å². The molecule has 9 heteroatoms. The second-order valence-corrected chi connectivity index (χ2v) is 6.46. The SMILES string of the molecule is O=C1CC[C@H](C(=O)Nc2ccc(Nc3cc(-n4ccnc4)ncn3)cc2)CN1. The van der Waals surface area contributed by atoms with Gasteiger partial charge in [0.05, 0.1) is 5.92 Å². The van der Waals surface area contributed by atoms with Gasteiger partial charge in [-0.05, 0) is 30.7 Å². The predicted octanol–water partition coefficient (Wildman–Crippen LogP) is 1.87. The number of nitrogens with one attached hydrogen (secondary N) is 3. The van der Waals surface area contributed by atoms with Gasteiger partial charge in [0.15, 0.2) is 0 Å². The first-order chi connectivity index (χ1) is 13.7.